The summed E-state index contributed by atoms with van der Waals surface area (Å²) in [6, 6.07) is 8.93. The molecule has 2 aromatic heterocycles. The van der Waals surface area contributed by atoms with E-state index < -0.39 is 11.9 Å². The summed E-state index contributed by atoms with van der Waals surface area (Å²) in [6.45, 7) is 0.179. The van der Waals surface area contributed by atoms with Crippen LogP contribution in [0.5, 0.6) is 0 Å². The average Bonchev–Trinajstić information content (AvgIpc) is 3.31. The number of hydrogen-bond donors (Lipinski definition) is 1. The van der Waals surface area contributed by atoms with E-state index in [2.05, 4.69) is 21.3 Å². The van der Waals surface area contributed by atoms with Gasteiger partial charge in [-0.05, 0) is 35.7 Å². The van der Waals surface area contributed by atoms with Crippen LogP contribution in [0.15, 0.2) is 41.8 Å². The number of carbonyl (C=O) groups is 1. The van der Waals surface area contributed by atoms with E-state index in [4.69, 9.17) is 11.2 Å². The number of terminal acetylenes is 1. The monoisotopic (exact) mass is 370 g/mol. The molecule has 6 nitrogen and oxygen atoms in total. The molecule has 8 heteroatoms. The highest BCUT2D eigenvalue weighted by Gasteiger charge is 2.21. The lowest BCUT2D eigenvalue weighted by atomic mass is 10.3. The second kappa shape index (κ2) is 7.91. The number of halogens is 1. The number of thiophene rings is 1. The Morgan fingerprint density at radius 3 is 2.81 bits per heavy atom. The van der Waals surface area contributed by atoms with Gasteiger partial charge in [0.1, 0.15) is 11.9 Å². The smallest absolute Gasteiger partial charge is 0.292 e. The Morgan fingerprint density at radius 2 is 2.19 bits per heavy atom. The molecule has 2 heterocycles. The number of amides is 1. The van der Waals surface area contributed by atoms with Crippen LogP contribution in [-0.2, 0) is 4.74 Å². The normalized spacial score (nSPS) is 11.7. The molecule has 0 aliphatic rings. The fourth-order valence-corrected chi connectivity index (χ4v) is 2.96. The molecule has 0 bridgehead atoms. The van der Waals surface area contributed by atoms with Crippen LogP contribution in [0.1, 0.15) is 10.6 Å². The highest BCUT2D eigenvalue weighted by Crippen LogP contribution is 2.25. The van der Waals surface area contributed by atoms with Gasteiger partial charge in [-0.1, -0.05) is 12.0 Å². The molecular formula is C18H15FN4O2S. The first-order valence-electron chi connectivity index (χ1n) is 7.65. The van der Waals surface area contributed by atoms with Crippen LogP contribution in [-0.4, -0.2) is 40.4 Å². The number of aromatic nitrogens is 3. The second-order valence-electron chi connectivity index (χ2n) is 5.27. The maximum absolute atomic E-state index is 13.2. The van der Waals surface area contributed by atoms with Gasteiger partial charge >= 0.3 is 0 Å². The summed E-state index contributed by atoms with van der Waals surface area (Å²) in [5.41, 5.74) is 0.590. The SMILES string of the molecule is C#C[C@@H](COC)NC(=O)c1nc(-c2cccs2)n(-c2ccc(F)cc2)n1. The number of benzene rings is 1. The molecule has 3 aromatic rings. The van der Waals surface area contributed by atoms with Crippen LogP contribution in [0.2, 0.25) is 0 Å². The Bertz CT molecular complexity index is 929. The average molecular weight is 370 g/mol. The van der Waals surface area contributed by atoms with Gasteiger partial charge in [-0.2, -0.15) is 0 Å². The standard InChI is InChI=1S/C18H15FN4O2S/c1-3-13(11-25-2)20-18(24)16-21-17(15-5-4-10-26-15)23(22-16)14-8-6-12(19)7-9-14/h1,4-10,13H,11H2,2H3,(H,20,24)/t13-/m0/s1. The van der Waals surface area contributed by atoms with Crippen molar-refractivity contribution in [3.8, 4) is 28.7 Å². The Balaban J connectivity index is 1.98. The van der Waals surface area contributed by atoms with Crippen molar-refractivity contribution in [1.29, 1.82) is 0 Å². The molecule has 1 amide bonds. The molecule has 0 saturated heterocycles. The van der Waals surface area contributed by atoms with Crippen molar-refractivity contribution >= 4 is 17.2 Å². The third kappa shape index (κ3) is 3.79. The quantitative estimate of drug-likeness (QED) is 0.677. The van der Waals surface area contributed by atoms with Gasteiger partial charge in [-0.15, -0.1) is 22.9 Å². The highest BCUT2D eigenvalue weighted by atomic mass is 32.1. The van der Waals surface area contributed by atoms with Gasteiger partial charge in [-0.25, -0.2) is 14.1 Å². The summed E-state index contributed by atoms with van der Waals surface area (Å²) < 4.78 is 19.7. The molecule has 0 spiro atoms. The summed E-state index contributed by atoms with van der Waals surface area (Å²) in [5, 5.41) is 8.81. The molecule has 0 aliphatic heterocycles. The molecule has 1 atom stereocenters. The van der Waals surface area contributed by atoms with E-state index in [1.165, 1.54) is 35.3 Å². The van der Waals surface area contributed by atoms with Gasteiger partial charge in [0.25, 0.3) is 5.91 Å². The lowest BCUT2D eigenvalue weighted by molar-refractivity contribution is 0.0909. The lowest BCUT2D eigenvalue weighted by Crippen LogP contribution is -2.37. The van der Waals surface area contributed by atoms with Crippen molar-refractivity contribution < 1.29 is 13.9 Å². The zero-order valence-corrected chi connectivity index (χ0v) is 14.7. The summed E-state index contributed by atoms with van der Waals surface area (Å²) in [5.74, 6) is 2.01. The first kappa shape index (κ1) is 17.8. The first-order chi connectivity index (χ1) is 12.6. The number of rotatable bonds is 6. The largest absolute Gasteiger partial charge is 0.382 e. The molecule has 0 unspecified atom stereocenters. The van der Waals surface area contributed by atoms with Gasteiger partial charge in [0.2, 0.25) is 5.82 Å². The van der Waals surface area contributed by atoms with Crippen molar-refractivity contribution in [1.82, 2.24) is 20.1 Å². The van der Waals surface area contributed by atoms with Crippen molar-refractivity contribution in [3.63, 3.8) is 0 Å². The molecule has 26 heavy (non-hydrogen) atoms. The third-order valence-corrected chi connectivity index (χ3v) is 4.33. The molecule has 132 valence electrons. The summed E-state index contributed by atoms with van der Waals surface area (Å²) in [6.07, 6.45) is 5.38. The van der Waals surface area contributed by atoms with Crippen LogP contribution in [0.25, 0.3) is 16.4 Å². The number of nitrogens with zero attached hydrogens (tertiary/aromatic N) is 3. The number of methoxy groups -OCH3 is 1. The van der Waals surface area contributed by atoms with E-state index in [-0.39, 0.29) is 18.2 Å². The Labute approximate surface area is 153 Å². The number of carbonyl (C=O) groups excluding carboxylic acids is 1. The minimum absolute atomic E-state index is 0.0333. The second-order valence-corrected chi connectivity index (χ2v) is 6.22. The fraction of sp³-hybridized carbons (Fsp3) is 0.167. The van der Waals surface area contributed by atoms with Gasteiger partial charge < -0.3 is 10.1 Å². The molecule has 1 aromatic carbocycles. The minimum atomic E-state index is -0.588. The predicted molar refractivity (Wildman–Crippen MR) is 96.6 cm³/mol. The van der Waals surface area contributed by atoms with Crippen molar-refractivity contribution in [2.24, 2.45) is 0 Å². The van der Waals surface area contributed by atoms with Gasteiger partial charge in [0.15, 0.2) is 5.82 Å². The molecular weight excluding hydrogens is 355 g/mol. The zero-order chi connectivity index (χ0) is 18.5. The van der Waals surface area contributed by atoms with E-state index in [9.17, 15) is 9.18 Å². The Morgan fingerprint density at radius 1 is 1.42 bits per heavy atom. The van der Waals surface area contributed by atoms with Gasteiger partial charge in [0.05, 0.1) is 17.2 Å². The maximum Gasteiger partial charge on any atom is 0.292 e. The molecule has 0 fully saturated rings. The molecule has 0 saturated carbocycles. The first-order valence-corrected chi connectivity index (χ1v) is 8.53. The zero-order valence-electron chi connectivity index (χ0n) is 13.8. The van der Waals surface area contributed by atoms with Gasteiger partial charge in [-0.3, -0.25) is 4.79 Å². The lowest BCUT2D eigenvalue weighted by Gasteiger charge is -2.09. The van der Waals surface area contributed by atoms with Crippen LogP contribution in [0.4, 0.5) is 4.39 Å². The van der Waals surface area contributed by atoms with E-state index in [1.54, 1.807) is 12.1 Å². The number of nitrogens with one attached hydrogen (secondary N) is 1. The number of ether oxygens (including phenoxy) is 1. The highest BCUT2D eigenvalue weighted by molar-refractivity contribution is 7.13. The van der Waals surface area contributed by atoms with Crippen molar-refractivity contribution in [3.05, 3.63) is 53.4 Å². The van der Waals surface area contributed by atoms with Gasteiger partial charge in [0, 0.05) is 7.11 Å². The van der Waals surface area contributed by atoms with E-state index in [1.807, 2.05) is 17.5 Å². The number of hydrogen-bond acceptors (Lipinski definition) is 5. The molecule has 0 radical (unpaired) electrons. The van der Waals surface area contributed by atoms with E-state index in [0.717, 1.165) is 4.88 Å². The van der Waals surface area contributed by atoms with Crippen molar-refractivity contribution in [2.45, 2.75) is 6.04 Å². The van der Waals surface area contributed by atoms with Crippen LogP contribution >= 0.6 is 11.3 Å². The minimum Gasteiger partial charge on any atom is -0.382 e. The summed E-state index contributed by atoms with van der Waals surface area (Å²) >= 11 is 1.46. The molecule has 0 aliphatic carbocycles. The van der Waals surface area contributed by atoms with E-state index >= 15 is 0 Å². The third-order valence-electron chi connectivity index (χ3n) is 3.46. The fourth-order valence-electron chi connectivity index (χ4n) is 2.26. The Hall–Kier alpha value is -3.02. The van der Waals surface area contributed by atoms with Crippen LogP contribution < -0.4 is 5.32 Å². The van der Waals surface area contributed by atoms with Crippen LogP contribution in [0.3, 0.4) is 0 Å². The molecule has 3 rings (SSSR count). The maximum atomic E-state index is 13.2. The molecule has 1 N–H and O–H groups in total. The predicted octanol–water partition coefficient (Wildman–Crippen LogP) is 2.51. The Kier molecular flexibility index (Phi) is 5.41. The van der Waals surface area contributed by atoms with E-state index in [0.29, 0.717) is 11.5 Å². The van der Waals surface area contributed by atoms with Crippen LogP contribution in [0, 0.1) is 18.2 Å². The summed E-state index contributed by atoms with van der Waals surface area (Å²) in [7, 11) is 1.49. The topological polar surface area (TPSA) is 69.0 Å². The summed E-state index contributed by atoms with van der Waals surface area (Å²) in [4.78, 5) is 17.6. The van der Waals surface area contributed by atoms with Crippen molar-refractivity contribution in [2.75, 3.05) is 13.7 Å².